The SMILES string of the molecule is COc1cc(OC)c(NC(=O)C2CCN(c3cnc4ccccc4n3)CC2)cc1Cl. The van der Waals surface area contributed by atoms with Crippen molar-refractivity contribution in [2.75, 3.05) is 37.5 Å². The highest BCUT2D eigenvalue weighted by molar-refractivity contribution is 6.32. The van der Waals surface area contributed by atoms with Crippen molar-refractivity contribution in [3.8, 4) is 11.5 Å². The molecule has 1 saturated heterocycles. The maximum atomic E-state index is 12.8. The van der Waals surface area contributed by atoms with Gasteiger partial charge in [0.1, 0.15) is 17.3 Å². The van der Waals surface area contributed by atoms with Gasteiger partial charge in [-0.15, -0.1) is 0 Å². The number of hydrogen-bond acceptors (Lipinski definition) is 6. The average molecular weight is 427 g/mol. The van der Waals surface area contributed by atoms with Gasteiger partial charge >= 0.3 is 0 Å². The van der Waals surface area contributed by atoms with Crippen LogP contribution in [0, 0.1) is 5.92 Å². The summed E-state index contributed by atoms with van der Waals surface area (Å²) < 4.78 is 10.6. The van der Waals surface area contributed by atoms with Crippen molar-refractivity contribution < 1.29 is 14.3 Å². The average Bonchev–Trinajstić information content (AvgIpc) is 2.79. The molecular weight excluding hydrogens is 404 g/mol. The summed E-state index contributed by atoms with van der Waals surface area (Å²) in [5.41, 5.74) is 2.29. The number of halogens is 1. The molecule has 1 aliphatic heterocycles. The fraction of sp³-hybridized carbons (Fsp3) is 0.318. The minimum absolute atomic E-state index is 0.0428. The van der Waals surface area contributed by atoms with Gasteiger partial charge in [-0.3, -0.25) is 9.78 Å². The number of para-hydroxylation sites is 2. The van der Waals surface area contributed by atoms with E-state index in [1.165, 1.54) is 7.11 Å². The molecule has 1 fully saturated rings. The number of nitrogens with zero attached hydrogens (tertiary/aromatic N) is 3. The summed E-state index contributed by atoms with van der Waals surface area (Å²) in [4.78, 5) is 24.2. The molecule has 0 unspecified atom stereocenters. The summed E-state index contributed by atoms with van der Waals surface area (Å²) in [7, 11) is 3.08. The van der Waals surface area contributed by atoms with Crippen LogP contribution in [-0.2, 0) is 4.79 Å². The van der Waals surface area contributed by atoms with E-state index in [1.54, 1.807) is 25.4 Å². The summed E-state index contributed by atoms with van der Waals surface area (Å²) in [6.07, 6.45) is 3.26. The Morgan fingerprint density at radius 2 is 1.80 bits per heavy atom. The number of methoxy groups -OCH3 is 2. The molecular formula is C22H23ClN4O3. The number of hydrogen-bond donors (Lipinski definition) is 1. The lowest BCUT2D eigenvalue weighted by molar-refractivity contribution is -0.120. The lowest BCUT2D eigenvalue weighted by Crippen LogP contribution is -2.38. The second-order valence-corrected chi connectivity index (χ2v) is 7.56. The first-order valence-electron chi connectivity index (χ1n) is 9.78. The highest BCUT2D eigenvalue weighted by Gasteiger charge is 2.27. The zero-order valence-electron chi connectivity index (χ0n) is 16.9. The van der Waals surface area contributed by atoms with Crippen LogP contribution in [0.1, 0.15) is 12.8 Å². The number of nitrogens with one attached hydrogen (secondary N) is 1. The van der Waals surface area contributed by atoms with E-state index in [4.69, 9.17) is 26.1 Å². The molecule has 0 aliphatic carbocycles. The molecule has 2 heterocycles. The molecule has 2 aromatic carbocycles. The Morgan fingerprint density at radius 3 is 2.50 bits per heavy atom. The fourth-order valence-corrected chi connectivity index (χ4v) is 3.90. The molecule has 1 amide bonds. The van der Waals surface area contributed by atoms with E-state index >= 15 is 0 Å². The first-order valence-corrected chi connectivity index (χ1v) is 10.2. The quantitative estimate of drug-likeness (QED) is 0.660. The Hall–Kier alpha value is -3.06. The lowest BCUT2D eigenvalue weighted by atomic mass is 9.96. The molecule has 1 aliphatic rings. The third-order valence-corrected chi connectivity index (χ3v) is 5.65. The van der Waals surface area contributed by atoms with Gasteiger partial charge in [0.25, 0.3) is 0 Å². The first kappa shape index (κ1) is 20.2. The highest BCUT2D eigenvalue weighted by atomic mass is 35.5. The number of carbonyl (C=O) groups excluding carboxylic acids is 1. The zero-order valence-corrected chi connectivity index (χ0v) is 17.6. The van der Waals surface area contributed by atoms with Gasteiger partial charge in [0.05, 0.1) is 42.2 Å². The third-order valence-electron chi connectivity index (χ3n) is 5.36. The van der Waals surface area contributed by atoms with Crippen LogP contribution in [0.2, 0.25) is 5.02 Å². The maximum Gasteiger partial charge on any atom is 0.227 e. The van der Waals surface area contributed by atoms with E-state index < -0.39 is 0 Å². The van der Waals surface area contributed by atoms with Crippen molar-refractivity contribution >= 4 is 40.0 Å². The van der Waals surface area contributed by atoms with E-state index in [9.17, 15) is 4.79 Å². The third kappa shape index (κ3) is 4.11. The van der Waals surface area contributed by atoms with Gasteiger partial charge < -0.3 is 19.7 Å². The van der Waals surface area contributed by atoms with Crippen LogP contribution in [0.5, 0.6) is 11.5 Å². The largest absolute Gasteiger partial charge is 0.495 e. The Labute approximate surface area is 180 Å². The fourth-order valence-electron chi connectivity index (χ4n) is 3.66. The summed E-state index contributed by atoms with van der Waals surface area (Å²) in [5, 5.41) is 3.37. The number of fused-ring (bicyclic) bond motifs is 1. The molecule has 4 rings (SSSR count). The van der Waals surface area contributed by atoms with E-state index in [-0.39, 0.29) is 11.8 Å². The van der Waals surface area contributed by atoms with E-state index in [0.29, 0.717) is 22.2 Å². The zero-order chi connectivity index (χ0) is 21.1. The lowest BCUT2D eigenvalue weighted by Gasteiger charge is -2.32. The van der Waals surface area contributed by atoms with Gasteiger partial charge in [-0.2, -0.15) is 0 Å². The summed E-state index contributed by atoms with van der Waals surface area (Å²) >= 11 is 6.20. The maximum absolute atomic E-state index is 12.8. The molecule has 0 radical (unpaired) electrons. The van der Waals surface area contributed by atoms with Gasteiger partial charge in [0, 0.05) is 25.1 Å². The molecule has 0 saturated carbocycles. The minimum Gasteiger partial charge on any atom is -0.495 e. The Morgan fingerprint density at radius 1 is 1.10 bits per heavy atom. The Bertz CT molecular complexity index is 1070. The molecule has 0 bridgehead atoms. The molecule has 0 atom stereocenters. The molecule has 8 heteroatoms. The van der Waals surface area contributed by atoms with Crippen molar-refractivity contribution in [2.45, 2.75) is 12.8 Å². The van der Waals surface area contributed by atoms with E-state index in [1.807, 2.05) is 24.3 Å². The number of amides is 1. The number of rotatable bonds is 5. The van der Waals surface area contributed by atoms with Crippen LogP contribution in [0.15, 0.2) is 42.6 Å². The molecule has 156 valence electrons. The van der Waals surface area contributed by atoms with Crippen molar-refractivity contribution in [3.63, 3.8) is 0 Å². The monoisotopic (exact) mass is 426 g/mol. The normalized spacial score (nSPS) is 14.6. The minimum atomic E-state index is -0.0970. The number of piperidine rings is 1. The first-order chi connectivity index (χ1) is 14.6. The van der Waals surface area contributed by atoms with Gasteiger partial charge in [0.2, 0.25) is 5.91 Å². The van der Waals surface area contributed by atoms with Crippen LogP contribution < -0.4 is 19.7 Å². The number of anilines is 2. The topological polar surface area (TPSA) is 76.6 Å². The van der Waals surface area contributed by atoms with Crippen molar-refractivity contribution in [2.24, 2.45) is 5.92 Å². The van der Waals surface area contributed by atoms with Gasteiger partial charge in [-0.25, -0.2) is 4.98 Å². The Balaban J connectivity index is 1.41. The second kappa shape index (κ2) is 8.75. The van der Waals surface area contributed by atoms with Crippen LogP contribution in [0.3, 0.4) is 0 Å². The summed E-state index contributed by atoms with van der Waals surface area (Å²) in [6.45, 7) is 1.48. The van der Waals surface area contributed by atoms with E-state index in [0.717, 1.165) is 42.8 Å². The van der Waals surface area contributed by atoms with Crippen LogP contribution >= 0.6 is 11.6 Å². The van der Waals surface area contributed by atoms with Gasteiger partial charge in [0.15, 0.2) is 0 Å². The molecule has 0 spiro atoms. The molecule has 1 N–H and O–H groups in total. The van der Waals surface area contributed by atoms with Crippen LogP contribution in [-0.4, -0.2) is 43.2 Å². The smallest absolute Gasteiger partial charge is 0.227 e. The van der Waals surface area contributed by atoms with Crippen molar-refractivity contribution in [3.05, 3.63) is 47.6 Å². The predicted octanol–water partition coefficient (Wildman–Crippen LogP) is 4.16. The number of benzene rings is 2. The second-order valence-electron chi connectivity index (χ2n) is 7.15. The van der Waals surface area contributed by atoms with Crippen molar-refractivity contribution in [1.29, 1.82) is 0 Å². The van der Waals surface area contributed by atoms with Crippen LogP contribution in [0.4, 0.5) is 11.5 Å². The number of aromatic nitrogens is 2. The van der Waals surface area contributed by atoms with Gasteiger partial charge in [-0.1, -0.05) is 23.7 Å². The summed E-state index contributed by atoms with van der Waals surface area (Å²) in [6, 6.07) is 11.1. The predicted molar refractivity (Wildman–Crippen MR) is 118 cm³/mol. The Kier molecular flexibility index (Phi) is 5.90. The van der Waals surface area contributed by atoms with Crippen LogP contribution in [0.25, 0.3) is 11.0 Å². The molecule has 7 nitrogen and oxygen atoms in total. The summed E-state index contributed by atoms with van der Waals surface area (Å²) in [5.74, 6) is 1.71. The van der Waals surface area contributed by atoms with Crippen molar-refractivity contribution in [1.82, 2.24) is 9.97 Å². The standard InChI is InChI=1S/C22H23ClN4O3/c1-29-19-12-20(30-2)18(11-15(19)23)26-22(28)14-7-9-27(10-8-14)21-13-24-16-5-3-4-6-17(16)25-21/h3-6,11-14H,7-10H2,1-2H3,(H,26,28). The molecule has 30 heavy (non-hydrogen) atoms. The number of carbonyl (C=O) groups is 1. The molecule has 3 aromatic rings. The van der Waals surface area contributed by atoms with E-state index in [2.05, 4.69) is 15.2 Å². The highest BCUT2D eigenvalue weighted by Crippen LogP contribution is 2.36. The number of ether oxygens (including phenoxy) is 2. The molecule has 1 aromatic heterocycles. The van der Waals surface area contributed by atoms with Gasteiger partial charge in [-0.05, 0) is 31.0 Å².